The number of amides is 2. The Bertz CT molecular complexity index is 1290. The fraction of sp³-hybridized carbons (Fsp3) is 0.567. The van der Waals surface area contributed by atoms with Crippen LogP contribution in [-0.4, -0.2) is 72.2 Å². The Hall–Kier alpha value is -3.26. The summed E-state index contributed by atoms with van der Waals surface area (Å²) in [4.78, 5) is 45.0. The Labute approximate surface area is 289 Å². The molecule has 0 bridgehead atoms. The molecule has 0 fully saturated rings. The van der Waals surface area contributed by atoms with Gasteiger partial charge in [0.25, 0.3) is 0 Å². The highest BCUT2D eigenvalue weighted by Crippen LogP contribution is 2.31. The molecule has 262 valence electrons. The maximum absolute atomic E-state index is 12.4. The van der Waals surface area contributed by atoms with Crippen LogP contribution in [0.3, 0.4) is 0 Å². The fourth-order valence-electron chi connectivity index (χ4n) is 4.38. The number of nitrogens with one attached hydrogen (secondary N) is 3. The highest BCUT2D eigenvalue weighted by molar-refractivity contribution is 5.92. The number of methoxy groups -OCH3 is 1. The molecule has 0 radical (unpaired) electrons. The highest BCUT2D eigenvalue weighted by Gasteiger charge is 2.24. The number of fused-ring (bicyclic) bond motifs is 1. The number of anilines is 1. The van der Waals surface area contributed by atoms with Gasteiger partial charge < -0.3 is 43.0 Å². The van der Waals surface area contributed by atoms with Crippen molar-refractivity contribution >= 4 is 77.6 Å². The summed E-state index contributed by atoms with van der Waals surface area (Å²) in [6.45, 7) is 9.19. The van der Waals surface area contributed by atoms with Crippen molar-refractivity contribution < 1.29 is 24.2 Å². The van der Waals surface area contributed by atoms with Crippen molar-refractivity contribution in [1.29, 1.82) is 0 Å². The second-order valence-electron chi connectivity index (χ2n) is 11.7. The number of ether oxygens (including phenoxy) is 1. The number of guanidine groups is 1. The monoisotopic (exact) mass is 708 g/mol. The first-order valence-corrected chi connectivity index (χ1v) is 14.6. The highest BCUT2D eigenvalue weighted by atomic mass is 35.5. The summed E-state index contributed by atoms with van der Waals surface area (Å²) in [6.07, 6.45) is 2.11. The van der Waals surface area contributed by atoms with Gasteiger partial charge in [-0.3, -0.25) is 19.6 Å². The number of aliphatic imine (C=N–C) groups is 1. The van der Waals surface area contributed by atoms with Crippen molar-refractivity contribution in [3.63, 3.8) is 0 Å². The van der Waals surface area contributed by atoms with Crippen LogP contribution in [0.4, 0.5) is 5.69 Å². The molecule has 46 heavy (non-hydrogen) atoms. The van der Waals surface area contributed by atoms with E-state index in [1.807, 2.05) is 18.2 Å². The van der Waals surface area contributed by atoms with E-state index in [9.17, 15) is 19.5 Å². The minimum Gasteiger partial charge on any atom is -0.497 e. The molecule has 2 rings (SSSR count). The van der Waals surface area contributed by atoms with Crippen LogP contribution in [0.15, 0.2) is 29.3 Å². The van der Waals surface area contributed by atoms with Crippen LogP contribution < -0.4 is 37.9 Å². The van der Waals surface area contributed by atoms with Gasteiger partial charge in [0.15, 0.2) is 5.96 Å². The number of rotatable bonds is 17. The summed E-state index contributed by atoms with van der Waals surface area (Å²) in [5.41, 5.74) is 19.0. The maximum Gasteiger partial charge on any atom is 0.326 e. The van der Waals surface area contributed by atoms with Gasteiger partial charge in [-0.1, -0.05) is 26.8 Å². The molecule has 10 N–H and O–H groups in total. The average molecular weight is 710 g/mol. The third-order valence-corrected chi connectivity index (χ3v) is 6.89. The number of aromatic nitrogens is 1. The number of carboxylic acids is 1. The lowest BCUT2D eigenvalue weighted by atomic mass is 9.91. The van der Waals surface area contributed by atoms with Crippen molar-refractivity contribution in [3.8, 4) is 5.75 Å². The van der Waals surface area contributed by atoms with Crippen LogP contribution in [0.2, 0.25) is 0 Å². The van der Waals surface area contributed by atoms with E-state index in [0.29, 0.717) is 25.9 Å². The Morgan fingerprint density at radius 2 is 1.72 bits per heavy atom. The summed E-state index contributed by atoms with van der Waals surface area (Å²) < 4.78 is 5.49. The Morgan fingerprint density at radius 1 is 1.04 bits per heavy atom. The number of aliphatic carboxylic acids is 1. The molecule has 0 spiro atoms. The van der Waals surface area contributed by atoms with Crippen molar-refractivity contribution in [2.75, 3.05) is 25.5 Å². The predicted octanol–water partition coefficient (Wildman–Crippen LogP) is 3.23. The molecule has 3 atom stereocenters. The van der Waals surface area contributed by atoms with E-state index >= 15 is 0 Å². The first-order valence-electron chi connectivity index (χ1n) is 14.6. The fourth-order valence-corrected chi connectivity index (χ4v) is 4.38. The van der Waals surface area contributed by atoms with Crippen molar-refractivity contribution in [3.05, 3.63) is 30.0 Å². The third kappa shape index (κ3) is 15.4. The Morgan fingerprint density at radius 3 is 2.30 bits per heavy atom. The number of benzene rings is 1. The normalized spacial score (nSPS) is 12.6. The number of hydrogen-bond donors (Lipinski definition) is 7. The van der Waals surface area contributed by atoms with Gasteiger partial charge >= 0.3 is 5.97 Å². The van der Waals surface area contributed by atoms with E-state index in [-0.39, 0.29) is 79.8 Å². The summed E-state index contributed by atoms with van der Waals surface area (Å²) in [6, 6.07) is 5.95. The smallest absolute Gasteiger partial charge is 0.326 e. The quantitative estimate of drug-likeness (QED) is 0.0722. The largest absolute Gasteiger partial charge is 0.497 e. The van der Waals surface area contributed by atoms with Gasteiger partial charge in [-0.25, -0.2) is 4.79 Å². The number of halogens is 3. The second-order valence-corrected chi connectivity index (χ2v) is 11.7. The van der Waals surface area contributed by atoms with Gasteiger partial charge in [0, 0.05) is 48.1 Å². The second kappa shape index (κ2) is 21.5. The van der Waals surface area contributed by atoms with Crippen molar-refractivity contribution in [1.82, 2.24) is 15.6 Å². The molecular formula is C30H51Cl3N8O5. The van der Waals surface area contributed by atoms with Crippen LogP contribution in [-0.2, 0) is 19.8 Å². The van der Waals surface area contributed by atoms with Crippen molar-refractivity contribution in [2.45, 2.75) is 89.8 Å². The van der Waals surface area contributed by atoms with Crippen LogP contribution in [0.1, 0.15) is 71.9 Å². The molecule has 2 aromatic rings. The SMILES string of the molecule is COc1cc(NC(C)CCCNC(=O)CC[C@@H](NC(=O)[C@@H](N)CCCN=C(N)N)C(=O)O)c2nc(C(C)(C)C)ccc2c1.Cl.Cl.Cl. The molecule has 0 saturated heterocycles. The van der Waals surface area contributed by atoms with E-state index in [1.165, 1.54) is 0 Å². The van der Waals surface area contributed by atoms with E-state index < -0.39 is 24.0 Å². The lowest BCUT2D eigenvalue weighted by molar-refractivity contribution is -0.142. The minimum atomic E-state index is -1.23. The zero-order valence-electron chi connectivity index (χ0n) is 27.1. The Kier molecular flexibility index (Phi) is 21.0. The lowest BCUT2D eigenvalue weighted by Crippen LogP contribution is -2.48. The van der Waals surface area contributed by atoms with Crippen LogP contribution in [0, 0.1) is 0 Å². The molecule has 1 heterocycles. The zero-order chi connectivity index (χ0) is 32.2. The molecule has 0 aliphatic carbocycles. The summed E-state index contributed by atoms with van der Waals surface area (Å²) >= 11 is 0. The van der Waals surface area contributed by atoms with Gasteiger partial charge in [-0.15, -0.1) is 37.2 Å². The number of pyridine rings is 1. The van der Waals surface area contributed by atoms with Crippen LogP contribution in [0.25, 0.3) is 10.9 Å². The van der Waals surface area contributed by atoms with Gasteiger partial charge in [-0.2, -0.15) is 0 Å². The molecule has 13 nitrogen and oxygen atoms in total. The van der Waals surface area contributed by atoms with Gasteiger partial charge in [0.05, 0.1) is 24.4 Å². The number of carbonyl (C=O) groups is 3. The van der Waals surface area contributed by atoms with Crippen LogP contribution in [0.5, 0.6) is 5.75 Å². The van der Waals surface area contributed by atoms with E-state index in [4.69, 9.17) is 26.9 Å². The molecule has 0 saturated carbocycles. The number of carbonyl (C=O) groups excluding carboxylic acids is 2. The van der Waals surface area contributed by atoms with Gasteiger partial charge in [0.1, 0.15) is 11.8 Å². The average Bonchev–Trinajstić information content (AvgIpc) is 2.94. The molecule has 2 amide bonds. The molecular weight excluding hydrogens is 659 g/mol. The maximum atomic E-state index is 12.4. The summed E-state index contributed by atoms with van der Waals surface area (Å²) in [5.74, 6) is -1.45. The Balaban J connectivity index is 0. The van der Waals surface area contributed by atoms with Crippen LogP contribution >= 0.6 is 37.2 Å². The van der Waals surface area contributed by atoms with Crippen molar-refractivity contribution in [2.24, 2.45) is 22.2 Å². The first-order chi connectivity index (χ1) is 20.2. The number of hydrogen-bond acceptors (Lipinski definition) is 8. The molecule has 0 aliphatic heterocycles. The van der Waals surface area contributed by atoms with E-state index in [1.54, 1.807) is 7.11 Å². The molecule has 0 aliphatic rings. The standard InChI is InChI=1S/C30H48N8O5.3ClH/c1-18(36-23-17-20(43-5)16-19-10-12-24(30(2,3)4)38-26(19)23)8-6-14-34-25(39)13-11-22(28(41)42)37-27(40)21(31)9-7-15-35-29(32)33;;;/h10,12,16-18,21-22,36H,6-9,11,13-15,31H2,1-5H3,(H,34,39)(H,37,40)(H,41,42)(H4,32,33,35);3*1H/t18?,21-,22+;;;/m0.../s1. The topological polar surface area (TPSA) is 220 Å². The van der Waals surface area contributed by atoms with E-state index in [2.05, 4.69) is 54.7 Å². The van der Waals surface area contributed by atoms with Gasteiger partial charge in [0.2, 0.25) is 11.8 Å². The number of nitrogens with zero attached hydrogens (tertiary/aromatic N) is 2. The zero-order valence-corrected chi connectivity index (χ0v) is 29.6. The third-order valence-electron chi connectivity index (χ3n) is 6.89. The summed E-state index contributed by atoms with van der Waals surface area (Å²) in [7, 11) is 1.63. The van der Waals surface area contributed by atoms with E-state index in [0.717, 1.165) is 34.5 Å². The molecule has 1 unspecified atom stereocenters. The first kappa shape index (κ1) is 44.9. The predicted molar refractivity (Wildman–Crippen MR) is 191 cm³/mol. The lowest BCUT2D eigenvalue weighted by Gasteiger charge is -2.21. The number of nitrogens with two attached hydrogens (primary N) is 3. The molecule has 16 heteroatoms. The molecule has 1 aromatic heterocycles. The summed E-state index contributed by atoms with van der Waals surface area (Å²) in [5, 5.41) is 19.2. The number of carboxylic acid groups (broad SMARTS) is 1. The minimum absolute atomic E-state index is 0. The molecule has 1 aromatic carbocycles. The van der Waals surface area contributed by atoms with Gasteiger partial charge in [-0.05, 0) is 51.2 Å².